The van der Waals surface area contributed by atoms with Crippen LogP contribution in [0.3, 0.4) is 0 Å². The molecule has 0 amide bonds. The van der Waals surface area contributed by atoms with Crippen LogP contribution >= 0.6 is 0 Å². The number of hydrogen-bond donors (Lipinski definition) is 3. The van der Waals surface area contributed by atoms with Crippen LogP contribution in [0.25, 0.3) is 16.5 Å². The summed E-state index contributed by atoms with van der Waals surface area (Å²) in [5.41, 5.74) is 9.10. The zero-order chi connectivity index (χ0) is 20.8. The van der Waals surface area contributed by atoms with Gasteiger partial charge in [0, 0.05) is 17.1 Å². The number of anilines is 3. The van der Waals surface area contributed by atoms with Gasteiger partial charge in [-0.1, -0.05) is 32.9 Å². The molecule has 4 aromatic rings. The zero-order valence-electron chi connectivity index (χ0n) is 16.9. The van der Waals surface area contributed by atoms with Gasteiger partial charge in [0.15, 0.2) is 5.82 Å². The van der Waals surface area contributed by atoms with Crippen LogP contribution in [0.1, 0.15) is 32.0 Å². The first-order chi connectivity index (χ1) is 13.7. The second kappa shape index (κ2) is 6.77. The summed E-state index contributed by atoms with van der Waals surface area (Å²) in [4.78, 5) is 13.1. The van der Waals surface area contributed by atoms with Gasteiger partial charge in [-0.05, 0) is 48.2 Å². The maximum atomic E-state index is 13.1. The minimum Gasteiger partial charge on any atom is -0.399 e. The number of aromatic nitrogens is 4. The average Bonchev–Trinajstić information content (AvgIpc) is 3.08. The van der Waals surface area contributed by atoms with E-state index in [0.717, 1.165) is 5.69 Å². The molecule has 0 saturated carbocycles. The number of nitrogens with zero attached hydrogens (tertiary/aromatic N) is 3. The fourth-order valence-electron chi connectivity index (χ4n) is 3.24. The molecule has 7 heteroatoms. The molecule has 4 rings (SSSR count). The Morgan fingerprint density at radius 2 is 1.76 bits per heavy atom. The van der Waals surface area contributed by atoms with Crippen molar-refractivity contribution in [1.29, 1.82) is 0 Å². The summed E-state index contributed by atoms with van der Waals surface area (Å²) in [7, 11) is 0. The normalized spacial score (nSPS) is 11.7. The molecule has 2 heterocycles. The van der Waals surface area contributed by atoms with Gasteiger partial charge in [-0.3, -0.25) is 9.89 Å². The number of nitrogens with one attached hydrogen (secondary N) is 2. The molecule has 0 aliphatic carbocycles. The van der Waals surface area contributed by atoms with E-state index < -0.39 is 0 Å². The second-order valence-electron chi connectivity index (χ2n) is 8.22. The lowest BCUT2D eigenvalue weighted by atomic mass is 9.87. The second-order valence-corrected chi connectivity index (χ2v) is 8.22. The first-order valence-corrected chi connectivity index (χ1v) is 9.45. The van der Waals surface area contributed by atoms with Crippen molar-refractivity contribution in [3.8, 4) is 5.69 Å². The number of hydrogen-bond acceptors (Lipinski definition) is 5. The number of fused-ring (bicyclic) bond motifs is 1. The van der Waals surface area contributed by atoms with Crippen molar-refractivity contribution in [2.24, 2.45) is 0 Å². The third-order valence-electron chi connectivity index (χ3n) is 4.86. The number of aromatic amines is 1. The van der Waals surface area contributed by atoms with Crippen LogP contribution in [0.15, 0.2) is 53.3 Å². The number of H-pyrrole nitrogens is 1. The SMILES string of the molecule is Cc1cc(Nc2nn(-c3ccc(C(C)(C)C)cc3)c(=O)c3ccc(N)cc23)[nH]n1. The molecule has 0 aliphatic heterocycles. The quantitative estimate of drug-likeness (QED) is 0.460. The third kappa shape index (κ3) is 3.59. The van der Waals surface area contributed by atoms with Crippen molar-refractivity contribution in [2.45, 2.75) is 33.1 Å². The van der Waals surface area contributed by atoms with E-state index in [4.69, 9.17) is 5.73 Å². The molecular weight excluding hydrogens is 364 g/mol. The molecule has 2 aromatic heterocycles. The third-order valence-corrected chi connectivity index (χ3v) is 4.86. The Kier molecular flexibility index (Phi) is 4.38. The molecule has 0 radical (unpaired) electrons. The fraction of sp³-hybridized carbons (Fsp3) is 0.227. The van der Waals surface area contributed by atoms with Crippen molar-refractivity contribution >= 4 is 28.1 Å². The van der Waals surface area contributed by atoms with Gasteiger partial charge in [0.05, 0.1) is 16.8 Å². The van der Waals surface area contributed by atoms with Crippen LogP contribution < -0.4 is 16.6 Å². The summed E-state index contributed by atoms with van der Waals surface area (Å²) < 4.78 is 1.41. The lowest BCUT2D eigenvalue weighted by molar-refractivity contribution is 0.590. The summed E-state index contributed by atoms with van der Waals surface area (Å²) in [6, 6.07) is 15.0. The van der Waals surface area contributed by atoms with E-state index in [1.54, 1.807) is 18.2 Å². The number of aryl methyl sites for hydroxylation is 1. The lowest BCUT2D eigenvalue weighted by Gasteiger charge is -2.19. The Morgan fingerprint density at radius 3 is 2.38 bits per heavy atom. The van der Waals surface area contributed by atoms with Crippen LogP contribution in [-0.4, -0.2) is 20.0 Å². The van der Waals surface area contributed by atoms with Gasteiger partial charge in [-0.25, -0.2) is 0 Å². The lowest BCUT2D eigenvalue weighted by Crippen LogP contribution is -2.23. The molecule has 0 saturated heterocycles. The van der Waals surface area contributed by atoms with Gasteiger partial charge < -0.3 is 11.1 Å². The van der Waals surface area contributed by atoms with Gasteiger partial charge in [0.25, 0.3) is 5.56 Å². The standard InChI is InChI=1S/C22H24N6O/c1-13-11-19(26-25-13)24-20-18-12-15(23)7-10-17(18)21(29)28(27-20)16-8-5-14(6-9-16)22(2,3)4/h5-12H,23H2,1-4H3,(H2,24,25,26,27). The van der Waals surface area contributed by atoms with Crippen LogP contribution in [0.5, 0.6) is 0 Å². The highest BCUT2D eigenvalue weighted by Crippen LogP contribution is 2.26. The summed E-state index contributed by atoms with van der Waals surface area (Å²) in [6.45, 7) is 8.35. The van der Waals surface area contributed by atoms with E-state index in [9.17, 15) is 4.79 Å². The van der Waals surface area contributed by atoms with Crippen LogP contribution in [0.2, 0.25) is 0 Å². The molecule has 0 spiro atoms. The molecule has 0 atom stereocenters. The summed E-state index contributed by atoms with van der Waals surface area (Å²) >= 11 is 0. The molecule has 0 aliphatic rings. The predicted octanol–water partition coefficient (Wildman–Crippen LogP) is 4.04. The van der Waals surface area contributed by atoms with Gasteiger partial charge >= 0.3 is 0 Å². The fourth-order valence-corrected chi connectivity index (χ4v) is 3.24. The monoisotopic (exact) mass is 388 g/mol. The number of nitrogen functional groups attached to an aromatic ring is 1. The van der Waals surface area contributed by atoms with Gasteiger partial charge in [0.2, 0.25) is 0 Å². The highest BCUT2D eigenvalue weighted by Gasteiger charge is 2.16. The highest BCUT2D eigenvalue weighted by atomic mass is 16.1. The number of benzene rings is 2. The highest BCUT2D eigenvalue weighted by molar-refractivity contribution is 5.94. The first-order valence-electron chi connectivity index (χ1n) is 9.45. The minimum absolute atomic E-state index is 0.0308. The Morgan fingerprint density at radius 1 is 1.03 bits per heavy atom. The van der Waals surface area contributed by atoms with E-state index in [1.807, 2.05) is 37.3 Å². The van der Waals surface area contributed by atoms with E-state index in [2.05, 4.69) is 41.4 Å². The molecular formula is C22H24N6O. The van der Waals surface area contributed by atoms with Crippen molar-refractivity contribution < 1.29 is 0 Å². The predicted molar refractivity (Wildman–Crippen MR) is 117 cm³/mol. The van der Waals surface area contributed by atoms with E-state index in [-0.39, 0.29) is 11.0 Å². The summed E-state index contributed by atoms with van der Waals surface area (Å²) in [6.07, 6.45) is 0. The van der Waals surface area contributed by atoms with Gasteiger partial charge in [-0.15, -0.1) is 5.10 Å². The van der Waals surface area contributed by atoms with Crippen LogP contribution in [0.4, 0.5) is 17.3 Å². The average molecular weight is 388 g/mol. The zero-order valence-corrected chi connectivity index (χ0v) is 16.9. The Bertz CT molecular complexity index is 1250. The number of nitrogens with two attached hydrogens (primary N) is 1. The van der Waals surface area contributed by atoms with E-state index in [1.165, 1.54) is 10.2 Å². The molecule has 29 heavy (non-hydrogen) atoms. The summed E-state index contributed by atoms with van der Waals surface area (Å²) in [5, 5.41) is 16.1. The Labute approximate surface area is 168 Å². The van der Waals surface area contributed by atoms with Gasteiger partial charge in [-0.2, -0.15) is 9.78 Å². The molecule has 2 aromatic carbocycles. The molecule has 0 bridgehead atoms. The van der Waals surface area contributed by atoms with E-state index in [0.29, 0.717) is 33.8 Å². The van der Waals surface area contributed by atoms with Gasteiger partial charge in [0.1, 0.15) is 5.82 Å². The van der Waals surface area contributed by atoms with Crippen molar-refractivity contribution in [3.05, 3.63) is 70.1 Å². The first kappa shape index (κ1) is 18.7. The summed E-state index contributed by atoms with van der Waals surface area (Å²) in [5.74, 6) is 1.21. The molecule has 4 N–H and O–H groups in total. The van der Waals surface area contributed by atoms with Crippen LogP contribution in [0, 0.1) is 6.92 Å². The van der Waals surface area contributed by atoms with E-state index >= 15 is 0 Å². The maximum Gasteiger partial charge on any atom is 0.279 e. The Hall–Kier alpha value is -3.61. The Balaban J connectivity index is 1.89. The smallest absolute Gasteiger partial charge is 0.279 e. The molecule has 0 unspecified atom stereocenters. The van der Waals surface area contributed by atoms with Crippen molar-refractivity contribution in [2.75, 3.05) is 11.1 Å². The minimum atomic E-state index is -0.199. The number of rotatable bonds is 3. The molecule has 7 nitrogen and oxygen atoms in total. The van der Waals surface area contributed by atoms with Crippen molar-refractivity contribution in [1.82, 2.24) is 20.0 Å². The largest absolute Gasteiger partial charge is 0.399 e. The van der Waals surface area contributed by atoms with Crippen molar-refractivity contribution in [3.63, 3.8) is 0 Å². The molecule has 0 fully saturated rings. The maximum absolute atomic E-state index is 13.1. The van der Waals surface area contributed by atoms with Crippen LogP contribution in [-0.2, 0) is 5.41 Å². The molecule has 148 valence electrons. The topological polar surface area (TPSA) is 102 Å².